The summed E-state index contributed by atoms with van der Waals surface area (Å²) in [6.07, 6.45) is 19.1. The maximum Gasteiger partial charge on any atom is 0.253 e. The summed E-state index contributed by atoms with van der Waals surface area (Å²) in [6, 6.07) is -0.699. The fraction of sp³-hybridized carbons (Fsp3) is 0.565. The minimum atomic E-state index is -0.699. The van der Waals surface area contributed by atoms with Crippen LogP contribution in [0.5, 0.6) is 0 Å². The molecule has 0 spiro atoms. The number of hydrogen-bond donors (Lipinski definition) is 7. The first kappa shape index (κ1) is 80.7. The topological polar surface area (TPSA) is 400 Å². The van der Waals surface area contributed by atoms with Crippen molar-refractivity contribution in [3.63, 3.8) is 0 Å². The van der Waals surface area contributed by atoms with Crippen LogP contribution in [-0.4, -0.2) is 217 Å². The average Bonchev–Trinajstić information content (AvgIpc) is 2.61. The monoisotopic (exact) mass is 1290 g/mol. The third kappa shape index (κ3) is 34.6. The molecule has 0 aromatic carbocycles. The van der Waals surface area contributed by atoms with E-state index in [-0.39, 0.29) is 154 Å². The van der Waals surface area contributed by atoms with Gasteiger partial charge in [-0.05, 0) is 43.9 Å². The standard InChI is InChI=1S/C19H29N5O6.C15H24N2O4.C12H18N2O3.C11H16N2O3.C5H5NO2/c1-13(25)20-9-4-3-5-15(23-14(2)26)19(30)22-11-10-21-16(27)8-12-24-17(28)6-7-18(24)29;1-3-12(2)11-21-10-4-8-16-13(18)7-9-17-14(19)5-6-15(17)20;1-3-9(2)8-13-10(15)6-7-14-11(16)4-5-12(14)17;1-2-3-7-12-9(14)6-8-13-10(15)4-5-11(13)16;1-6-4(7)2-3-5(6)8/h6-7,15H,3-5,8-12H2,1-2H3,(H,20,25)(H,21,27)(H,22,30)(H,23,26);5-6,12H,3-4,7-11H2,1-2H3,(H,16,18);4-5,9H,3,6-8H2,1-2H3,(H,13,15);4-5H,2-3,6-8H2,1H3,(H,12,14);2-3H,1H3. The highest BCUT2D eigenvalue weighted by atomic mass is 16.5. The summed E-state index contributed by atoms with van der Waals surface area (Å²) < 4.78 is 5.48. The Morgan fingerprint density at radius 3 is 1.11 bits per heavy atom. The summed E-state index contributed by atoms with van der Waals surface area (Å²) in [5, 5.41) is 18.7. The summed E-state index contributed by atoms with van der Waals surface area (Å²) in [5.74, 6) is -4.03. The van der Waals surface area contributed by atoms with E-state index in [4.69, 9.17) is 4.74 Å². The highest BCUT2D eigenvalue weighted by molar-refractivity contribution is 6.15. The van der Waals surface area contributed by atoms with E-state index >= 15 is 0 Å². The highest BCUT2D eigenvalue weighted by Crippen LogP contribution is 2.09. The number of likely N-dealkylation sites (N-methyl/N-ethyl adjacent to an activating group) is 1. The molecule has 0 aliphatic carbocycles. The van der Waals surface area contributed by atoms with Gasteiger partial charge in [-0.2, -0.15) is 0 Å². The van der Waals surface area contributed by atoms with Gasteiger partial charge in [0.15, 0.2) is 0 Å². The molecule has 30 nitrogen and oxygen atoms in total. The second-order valence-electron chi connectivity index (χ2n) is 21.4. The zero-order valence-electron chi connectivity index (χ0n) is 54.1. The van der Waals surface area contributed by atoms with Crippen molar-refractivity contribution in [2.45, 2.75) is 132 Å². The molecule has 0 bridgehead atoms. The third-order valence-corrected chi connectivity index (χ3v) is 13.7. The van der Waals surface area contributed by atoms with Crippen LogP contribution in [0.2, 0.25) is 0 Å². The molecule has 17 amide bonds. The molecule has 5 aliphatic rings. The molecular weight excluding hydrogens is 1200 g/mol. The van der Waals surface area contributed by atoms with Crippen LogP contribution < -0.4 is 37.2 Å². The van der Waals surface area contributed by atoms with Gasteiger partial charge in [0.25, 0.3) is 59.1 Å². The maximum absolute atomic E-state index is 12.3. The first-order chi connectivity index (χ1) is 43.6. The number of amides is 17. The minimum Gasteiger partial charge on any atom is -0.381 e. The Bertz CT molecular complexity index is 2690. The molecule has 0 fully saturated rings. The Morgan fingerprint density at radius 2 is 0.761 bits per heavy atom. The number of nitrogens with one attached hydrogen (secondary N) is 7. The van der Waals surface area contributed by atoms with Crippen molar-refractivity contribution in [1.82, 2.24) is 61.7 Å². The SMILES string of the molecule is CC(=O)NCCCCC(NC(C)=O)C(=O)NCCNC(=O)CCN1C(=O)C=CC1=O.CCC(C)CNC(=O)CCN1C(=O)C=CC1=O.CCC(C)COCCCNC(=O)CCN1C(=O)C=CC1=O.CCCCNC(=O)CCN1C(=O)C=CC1=O.CN1C(=O)C=CC1=O. The van der Waals surface area contributed by atoms with E-state index in [9.17, 15) is 81.5 Å². The van der Waals surface area contributed by atoms with Crippen molar-refractivity contribution in [3.8, 4) is 0 Å². The van der Waals surface area contributed by atoms with Crippen LogP contribution in [0, 0.1) is 11.8 Å². The lowest BCUT2D eigenvalue weighted by Gasteiger charge is -2.18. The van der Waals surface area contributed by atoms with E-state index in [0.717, 1.165) is 75.4 Å². The van der Waals surface area contributed by atoms with E-state index < -0.39 is 17.9 Å². The number of hydrogen-bond acceptors (Lipinski definition) is 18. The Morgan fingerprint density at radius 1 is 0.413 bits per heavy atom. The molecule has 7 N–H and O–H groups in total. The lowest BCUT2D eigenvalue weighted by molar-refractivity contribution is -0.139. The minimum absolute atomic E-state index is 0.00799. The number of imide groups is 5. The van der Waals surface area contributed by atoms with Gasteiger partial charge in [-0.3, -0.25) is 106 Å². The first-order valence-corrected chi connectivity index (χ1v) is 30.7. The van der Waals surface area contributed by atoms with Gasteiger partial charge in [0.05, 0.1) is 0 Å². The van der Waals surface area contributed by atoms with Crippen LogP contribution in [-0.2, 0) is 86.2 Å². The molecule has 3 unspecified atom stereocenters. The van der Waals surface area contributed by atoms with E-state index in [1.165, 1.54) is 69.5 Å². The predicted octanol–water partition coefficient (Wildman–Crippen LogP) is -0.562. The molecule has 0 saturated heterocycles. The second-order valence-corrected chi connectivity index (χ2v) is 21.4. The van der Waals surface area contributed by atoms with E-state index in [2.05, 4.69) is 64.9 Å². The van der Waals surface area contributed by atoms with Gasteiger partial charge in [0.1, 0.15) is 6.04 Å². The number of unbranched alkanes of at least 4 members (excludes halogenated alkanes) is 2. The molecule has 0 radical (unpaired) electrons. The molecule has 0 aromatic heterocycles. The number of rotatable bonds is 35. The summed E-state index contributed by atoms with van der Waals surface area (Å²) in [7, 11) is 1.45. The van der Waals surface area contributed by atoms with Crippen molar-refractivity contribution in [2.75, 3.05) is 85.7 Å². The zero-order chi connectivity index (χ0) is 69.1. The first-order valence-electron chi connectivity index (χ1n) is 30.7. The molecule has 5 aliphatic heterocycles. The molecule has 30 heteroatoms. The molecular formula is C62H92N12O18. The summed E-state index contributed by atoms with van der Waals surface area (Å²) in [6.45, 7) is 17.6. The molecule has 92 heavy (non-hydrogen) atoms. The molecule has 508 valence electrons. The van der Waals surface area contributed by atoms with Crippen LogP contribution in [0.25, 0.3) is 0 Å². The van der Waals surface area contributed by atoms with Gasteiger partial charge >= 0.3 is 0 Å². The van der Waals surface area contributed by atoms with Gasteiger partial charge < -0.3 is 42.0 Å². The van der Waals surface area contributed by atoms with E-state index in [1.807, 2.05) is 6.92 Å². The molecule has 3 atom stereocenters. The van der Waals surface area contributed by atoms with Crippen molar-refractivity contribution in [2.24, 2.45) is 11.8 Å². The van der Waals surface area contributed by atoms with E-state index in [0.29, 0.717) is 63.9 Å². The normalized spacial score (nSPS) is 15.2. The van der Waals surface area contributed by atoms with E-state index in [1.54, 1.807) is 0 Å². The fourth-order valence-corrected chi connectivity index (χ4v) is 7.69. The van der Waals surface area contributed by atoms with Crippen LogP contribution in [0.1, 0.15) is 126 Å². The van der Waals surface area contributed by atoms with Gasteiger partial charge in [0, 0.05) is 186 Å². The van der Waals surface area contributed by atoms with Crippen molar-refractivity contribution >= 4 is 100 Å². The third-order valence-electron chi connectivity index (χ3n) is 13.7. The Hall–Kier alpha value is -9.35. The number of carbonyl (C=O) groups is 17. The predicted molar refractivity (Wildman–Crippen MR) is 333 cm³/mol. The van der Waals surface area contributed by atoms with Crippen molar-refractivity contribution in [3.05, 3.63) is 60.8 Å². The fourth-order valence-electron chi connectivity index (χ4n) is 7.69. The van der Waals surface area contributed by atoms with Crippen LogP contribution in [0.3, 0.4) is 0 Å². The lowest BCUT2D eigenvalue weighted by atomic mass is 10.1. The average molecular weight is 1290 g/mol. The Balaban J connectivity index is 0.000000604. The number of ether oxygens (including phenoxy) is 1. The van der Waals surface area contributed by atoms with Crippen LogP contribution in [0.15, 0.2) is 60.8 Å². The Kier molecular flexibility index (Phi) is 40.2. The molecule has 0 aromatic rings. The molecule has 5 heterocycles. The van der Waals surface area contributed by atoms with Gasteiger partial charge in [-0.15, -0.1) is 0 Å². The van der Waals surface area contributed by atoms with Gasteiger partial charge in [-0.25, -0.2) is 0 Å². The molecule has 5 rings (SSSR count). The summed E-state index contributed by atoms with van der Waals surface area (Å²) in [4.78, 5) is 197. The molecule has 0 saturated carbocycles. The maximum atomic E-state index is 12.3. The van der Waals surface area contributed by atoms with Gasteiger partial charge in [-0.1, -0.05) is 53.9 Å². The lowest BCUT2D eigenvalue weighted by Crippen LogP contribution is -2.47. The van der Waals surface area contributed by atoms with Crippen molar-refractivity contribution < 1.29 is 86.2 Å². The quantitative estimate of drug-likeness (QED) is 0.0309. The Labute approximate surface area is 536 Å². The zero-order valence-corrected chi connectivity index (χ0v) is 54.1. The van der Waals surface area contributed by atoms with Crippen LogP contribution in [0.4, 0.5) is 0 Å². The van der Waals surface area contributed by atoms with Crippen LogP contribution >= 0.6 is 0 Å². The largest absolute Gasteiger partial charge is 0.381 e. The number of nitrogens with zero attached hydrogens (tertiary/aromatic N) is 5. The second kappa shape index (κ2) is 45.8. The highest BCUT2D eigenvalue weighted by Gasteiger charge is 2.27. The summed E-state index contributed by atoms with van der Waals surface area (Å²) in [5.41, 5.74) is 0. The van der Waals surface area contributed by atoms with Gasteiger partial charge in [0.2, 0.25) is 41.4 Å². The number of carbonyl (C=O) groups excluding carboxylic acids is 17. The summed E-state index contributed by atoms with van der Waals surface area (Å²) >= 11 is 0. The van der Waals surface area contributed by atoms with Crippen molar-refractivity contribution in [1.29, 1.82) is 0 Å². The smallest absolute Gasteiger partial charge is 0.253 e.